The summed E-state index contributed by atoms with van der Waals surface area (Å²) in [5.74, 6) is -0.539. The Kier molecular flexibility index (Phi) is 2.93. The number of hydrogen-bond donors (Lipinski definition) is 0. The Morgan fingerprint density at radius 3 is 1.30 bits per heavy atom. The van der Waals surface area contributed by atoms with Crippen LogP contribution in [-0.4, -0.2) is 14.2 Å². The summed E-state index contributed by atoms with van der Waals surface area (Å²) in [6.45, 7) is 0. The van der Waals surface area contributed by atoms with Crippen molar-refractivity contribution >= 4 is 21.5 Å². The number of benzene rings is 3. The van der Waals surface area contributed by atoms with Crippen molar-refractivity contribution in [1.29, 1.82) is 0 Å². The normalized spacial score (nSPS) is 11.0. The number of methoxy groups -OCH3 is 2. The van der Waals surface area contributed by atoms with Crippen molar-refractivity contribution in [2.75, 3.05) is 14.2 Å². The molecule has 0 bridgehead atoms. The minimum atomic E-state index is -0.442. The van der Waals surface area contributed by atoms with E-state index < -0.39 is 11.6 Å². The minimum absolute atomic E-state index is 0.172. The summed E-state index contributed by atoms with van der Waals surface area (Å²) < 4.78 is 38.3. The fourth-order valence-electron chi connectivity index (χ4n) is 2.42. The first-order valence-corrected chi connectivity index (χ1v) is 6.08. The third kappa shape index (κ3) is 1.68. The summed E-state index contributed by atoms with van der Waals surface area (Å²) in [6.07, 6.45) is 0. The Morgan fingerprint density at radius 2 is 0.950 bits per heavy atom. The summed E-state index contributed by atoms with van der Waals surface area (Å²) in [4.78, 5) is 0. The van der Waals surface area contributed by atoms with E-state index in [1.165, 1.54) is 14.2 Å². The molecule has 3 rings (SSSR count). The Morgan fingerprint density at radius 1 is 0.600 bits per heavy atom. The van der Waals surface area contributed by atoms with Crippen LogP contribution in [0, 0.1) is 11.6 Å². The molecule has 0 spiro atoms. The van der Waals surface area contributed by atoms with Crippen molar-refractivity contribution in [2.24, 2.45) is 0 Å². The third-order valence-electron chi connectivity index (χ3n) is 3.44. The molecule has 0 fully saturated rings. The molecule has 0 aliphatic rings. The molecular weight excluding hydrogens is 262 g/mol. The van der Waals surface area contributed by atoms with Crippen LogP contribution in [-0.2, 0) is 0 Å². The zero-order valence-corrected chi connectivity index (χ0v) is 11.0. The van der Waals surface area contributed by atoms with Crippen LogP contribution in [0.3, 0.4) is 0 Å². The summed E-state index contributed by atoms with van der Waals surface area (Å²) in [7, 11) is 2.83. The highest BCUT2D eigenvalue weighted by atomic mass is 19.1. The Hall–Kier alpha value is -2.36. The van der Waals surface area contributed by atoms with Gasteiger partial charge in [-0.3, -0.25) is 0 Å². The van der Waals surface area contributed by atoms with Crippen LogP contribution in [0.2, 0.25) is 0 Å². The maximum atomic E-state index is 14.2. The molecule has 0 aliphatic heterocycles. The molecular formula is C16H12F2O2. The molecule has 20 heavy (non-hydrogen) atoms. The summed E-state index contributed by atoms with van der Waals surface area (Å²) >= 11 is 0. The first-order chi connectivity index (χ1) is 9.67. The number of rotatable bonds is 2. The zero-order valence-electron chi connectivity index (χ0n) is 11.0. The monoisotopic (exact) mass is 274 g/mol. The Bertz CT molecular complexity index is 744. The topological polar surface area (TPSA) is 18.5 Å². The lowest BCUT2D eigenvalue weighted by Crippen LogP contribution is -1.92. The van der Waals surface area contributed by atoms with E-state index in [2.05, 4.69) is 0 Å². The molecule has 0 saturated heterocycles. The molecule has 2 nitrogen and oxygen atoms in total. The third-order valence-corrected chi connectivity index (χ3v) is 3.44. The van der Waals surface area contributed by atoms with Crippen molar-refractivity contribution in [2.45, 2.75) is 0 Å². The van der Waals surface area contributed by atoms with Gasteiger partial charge in [-0.1, -0.05) is 12.1 Å². The fourth-order valence-corrected chi connectivity index (χ4v) is 2.42. The average Bonchev–Trinajstić information content (AvgIpc) is 2.48. The van der Waals surface area contributed by atoms with E-state index in [4.69, 9.17) is 9.47 Å². The molecule has 0 N–H and O–H groups in total. The smallest absolute Gasteiger partial charge is 0.172 e. The second-order valence-corrected chi connectivity index (χ2v) is 4.42. The molecule has 0 saturated carbocycles. The van der Waals surface area contributed by atoms with Crippen molar-refractivity contribution in [3.05, 3.63) is 48.0 Å². The summed E-state index contributed by atoms with van der Waals surface area (Å²) in [5.41, 5.74) is 0. The minimum Gasteiger partial charge on any atom is -0.494 e. The van der Waals surface area contributed by atoms with Crippen molar-refractivity contribution in [3.8, 4) is 11.5 Å². The lowest BCUT2D eigenvalue weighted by molar-refractivity contribution is 0.388. The van der Waals surface area contributed by atoms with E-state index in [0.717, 1.165) is 0 Å². The van der Waals surface area contributed by atoms with Gasteiger partial charge in [-0.15, -0.1) is 0 Å². The standard InChI is InChI=1S/C16H12F2O2/c1-19-13-7-5-9-10-6-8-14(20-2)16(18)12(10)4-3-11(9)15(13)17/h3-8H,1-2H3. The molecule has 3 aromatic carbocycles. The van der Waals surface area contributed by atoms with Gasteiger partial charge in [0.15, 0.2) is 23.1 Å². The SMILES string of the molecule is COc1ccc2c(ccc3c(F)c(OC)ccc32)c1F. The van der Waals surface area contributed by atoms with Gasteiger partial charge in [0.1, 0.15) is 0 Å². The van der Waals surface area contributed by atoms with Crippen molar-refractivity contribution in [1.82, 2.24) is 0 Å². The predicted molar refractivity (Wildman–Crippen MR) is 74.5 cm³/mol. The van der Waals surface area contributed by atoms with Crippen LogP contribution < -0.4 is 9.47 Å². The van der Waals surface area contributed by atoms with Gasteiger partial charge >= 0.3 is 0 Å². The molecule has 0 amide bonds. The Labute approximate surface area is 114 Å². The van der Waals surface area contributed by atoms with E-state index in [-0.39, 0.29) is 11.5 Å². The second kappa shape index (κ2) is 4.63. The quantitative estimate of drug-likeness (QED) is 0.649. The highest BCUT2D eigenvalue weighted by Gasteiger charge is 2.13. The predicted octanol–water partition coefficient (Wildman–Crippen LogP) is 4.29. The molecule has 0 unspecified atom stereocenters. The largest absolute Gasteiger partial charge is 0.494 e. The van der Waals surface area contributed by atoms with Gasteiger partial charge in [0.2, 0.25) is 0 Å². The first kappa shape index (κ1) is 12.7. The fraction of sp³-hybridized carbons (Fsp3) is 0.125. The molecule has 3 aromatic rings. The molecule has 0 aliphatic carbocycles. The Balaban J connectivity index is 2.43. The van der Waals surface area contributed by atoms with Crippen LogP contribution in [0.15, 0.2) is 36.4 Å². The maximum absolute atomic E-state index is 14.2. The molecule has 0 radical (unpaired) electrons. The van der Waals surface area contributed by atoms with Gasteiger partial charge in [-0.05, 0) is 35.0 Å². The van der Waals surface area contributed by atoms with Gasteiger partial charge in [-0.25, -0.2) is 8.78 Å². The molecule has 0 heterocycles. The maximum Gasteiger partial charge on any atom is 0.172 e. The first-order valence-electron chi connectivity index (χ1n) is 6.08. The van der Waals surface area contributed by atoms with Crippen LogP contribution in [0.25, 0.3) is 21.5 Å². The van der Waals surface area contributed by atoms with Crippen LogP contribution in [0.4, 0.5) is 8.78 Å². The van der Waals surface area contributed by atoms with Gasteiger partial charge in [-0.2, -0.15) is 0 Å². The lowest BCUT2D eigenvalue weighted by atomic mass is 10.0. The molecule has 0 atom stereocenters. The average molecular weight is 274 g/mol. The van der Waals surface area contributed by atoms with E-state index in [1.807, 2.05) is 0 Å². The second-order valence-electron chi connectivity index (χ2n) is 4.42. The number of ether oxygens (including phenoxy) is 2. The van der Waals surface area contributed by atoms with E-state index in [9.17, 15) is 8.78 Å². The highest BCUT2D eigenvalue weighted by molar-refractivity contribution is 6.08. The number of fused-ring (bicyclic) bond motifs is 3. The van der Waals surface area contributed by atoms with Crippen LogP contribution in [0.5, 0.6) is 11.5 Å². The molecule has 102 valence electrons. The molecule has 0 aromatic heterocycles. The number of halogens is 2. The zero-order chi connectivity index (χ0) is 14.3. The van der Waals surface area contributed by atoms with Crippen molar-refractivity contribution in [3.63, 3.8) is 0 Å². The van der Waals surface area contributed by atoms with Gasteiger partial charge in [0.25, 0.3) is 0 Å². The number of hydrogen-bond acceptors (Lipinski definition) is 2. The molecule has 4 heteroatoms. The van der Waals surface area contributed by atoms with Crippen molar-refractivity contribution < 1.29 is 18.3 Å². The summed E-state index contributed by atoms with van der Waals surface area (Å²) in [5, 5.41) is 2.09. The lowest BCUT2D eigenvalue weighted by Gasteiger charge is -2.10. The van der Waals surface area contributed by atoms with Crippen LogP contribution >= 0.6 is 0 Å². The van der Waals surface area contributed by atoms with Gasteiger partial charge in [0, 0.05) is 10.8 Å². The summed E-state index contributed by atoms with van der Waals surface area (Å²) in [6, 6.07) is 9.64. The van der Waals surface area contributed by atoms with E-state index in [0.29, 0.717) is 21.5 Å². The van der Waals surface area contributed by atoms with Gasteiger partial charge in [0.05, 0.1) is 14.2 Å². The van der Waals surface area contributed by atoms with E-state index in [1.54, 1.807) is 36.4 Å². The van der Waals surface area contributed by atoms with Crippen LogP contribution in [0.1, 0.15) is 0 Å². The van der Waals surface area contributed by atoms with E-state index >= 15 is 0 Å². The van der Waals surface area contributed by atoms with Gasteiger partial charge < -0.3 is 9.47 Å². The highest BCUT2D eigenvalue weighted by Crippen LogP contribution is 2.34.